The molecule has 1 aliphatic carbocycles. The molecule has 0 bridgehead atoms. The van der Waals surface area contributed by atoms with Gasteiger partial charge in [0, 0.05) is 25.7 Å². The number of aryl methyl sites for hydroxylation is 1. The number of benzene rings is 2. The zero-order valence-electron chi connectivity index (χ0n) is 17.7. The summed E-state index contributed by atoms with van der Waals surface area (Å²) in [7, 11) is -0.662. The topological polar surface area (TPSA) is 83.2 Å². The molecule has 1 heterocycles. The molecule has 31 heavy (non-hydrogen) atoms. The van der Waals surface area contributed by atoms with Crippen molar-refractivity contribution >= 4 is 26.7 Å². The molecule has 2 aromatic carbocycles. The molecule has 158 valence electrons. The van der Waals surface area contributed by atoms with Crippen molar-refractivity contribution in [1.29, 1.82) is 5.26 Å². The predicted octanol–water partition coefficient (Wildman–Crippen LogP) is 4.22. The van der Waals surface area contributed by atoms with E-state index in [2.05, 4.69) is 0 Å². The van der Waals surface area contributed by atoms with E-state index in [9.17, 15) is 18.5 Å². The van der Waals surface area contributed by atoms with Crippen molar-refractivity contribution in [3.05, 3.63) is 77.1 Å². The molecule has 1 aromatic heterocycles. The smallest absolute Gasteiger partial charge is 0.268 e. The molecule has 7 heteroatoms. The summed E-state index contributed by atoms with van der Waals surface area (Å²) < 4.78 is 28.4. The van der Waals surface area contributed by atoms with Crippen LogP contribution in [0.4, 0.5) is 0 Å². The maximum Gasteiger partial charge on any atom is 0.268 e. The maximum atomic E-state index is 13.7. The van der Waals surface area contributed by atoms with Gasteiger partial charge in [-0.15, -0.1) is 0 Å². The van der Waals surface area contributed by atoms with Crippen molar-refractivity contribution < 1.29 is 13.2 Å². The molecule has 0 aliphatic heterocycles. The number of hydrogen-bond donors (Lipinski definition) is 0. The fraction of sp³-hybridized carbons (Fsp3) is 0.250. The molecule has 0 N–H and O–H groups in total. The summed E-state index contributed by atoms with van der Waals surface area (Å²) in [5, 5.41) is 10.2. The quantitative estimate of drug-likeness (QED) is 0.330. The van der Waals surface area contributed by atoms with Crippen molar-refractivity contribution in [2.24, 2.45) is 0 Å². The van der Waals surface area contributed by atoms with Gasteiger partial charge in [0.05, 0.1) is 10.4 Å². The summed E-state index contributed by atoms with van der Waals surface area (Å²) in [6.45, 7) is 1.88. The molecule has 1 saturated carbocycles. The zero-order valence-corrected chi connectivity index (χ0v) is 18.5. The third-order valence-corrected chi connectivity index (χ3v) is 7.12. The third-order valence-electron chi connectivity index (χ3n) is 5.38. The van der Waals surface area contributed by atoms with Crippen molar-refractivity contribution in [3.8, 4) is 6.07 Å². The first-order valence-corrected chi connectivity index (χ1v) is 11.5. The van der Waals surface area contributed by atoms with Crippen LogP contribution in [0, 0.1) is 18.3 Å². The Hall–Kier alpha value is -3.37. The van der Waals surface area contributed by atoms with Gasteiger partial charge in [-0.25, -0.2) is 12.4 Å². The van der Waals surface area contributed by atoms with E-state index in [0.717, 1.165) is 27.9 Å². The van der Waals surface area contributed by atoms with Crippen LogP contribution in [0.15, 0.2) is 65.2 Å². The van der Waals surface area contributed by atoms with Crippen molar-refractivity contribution in [2.75, 3.05) is 14.1 Å². The van der Waals surface area contributed by atoms with Gasteiger partial charge in [0.15, 0.2) is 0 Å². The van der Waals surface area contributed by atoms with E-state index in [-0.39, 0.29) is 16.2 Å². The van der Waals surface area contributed by atoms with Gasteiger partial charge in [0.1, 0.15) is 17.3 Å². The number of allylic oxidation sites excluding steroid dienone is 1. The van der Waals surface area contributed by atoms with Crippen LogP contribution in [-0.4, -0.2) is 37.2 Å². The van der Waals surface area contributed by atoms with E-state index in [0.29, 0.717) is 16.8 Å². The Morgan fingerprint density at radius 3 is 2.39 bits per heavy atom. The number of carbonyl (C=O) groups excluding carboxylic acids is 1. The highest BCUT2D eigenvalue weighted by molar-refractivity contribution is 7.90. The van der Waals surface area contributed by atoms with Crippen LogP contribution in [-0.2, 0) is 10.0 Å². The SMILES string of the molecule is Cc1ccc(S(=O)(=O)n2c(C(=O)C(C#N)=CN(C)C)cc3ccc(C4CC4)cc32)cc1. The first kappa shape index (κ1) is 20.9. The van der Waals surface area contributed by atoms with Gasteiger partial charge in [-0.1, -0.05) is 29.8 Å². The third kappa shape index (κ3) is 3.87. The number of rotatable bonds is 6. The van der Waals surface area contributed by atoms with Crippen molar-refractivity contribution in [3.63, 3.8) is 0 Å². The summed E-state index contributed by atoms with van der Waals surface area (Å²) in [5.74, 6) is -0.201. The number of nitriles is 1. The summed E-state index contributed by atoms with van der Waals surface area (Å²) in [4.78, 5) is 14.9. The second-order valence-corrected chi connectivity index (χ2v) is 9.94. The van der Waals surface area contributed by atoms with Gasteiger partial charge in [-0.2, -0.15) is 5.26 Å². The average Bonchev–Trinajstić information content (AvgIpc) is 3.51. The lowest BCUT2D eigenvalue weighted by molar-refractivity contribution is 0.103. The second-order valence-electron chi connectivity index (χ2n) is 8.15. The highest BCUT2D eigenvalue weighted by atomic mass is 32.2. The Morgan fingerprint density at radius 1 is 1.13 bits per heavy atom. The molecule has 0 spiro atoms. The molecule has 0 atom stereocenters. The molecular formula is C24H23N3O3S. The van der Waals surface area contributed by atoms with E-state index in [4.69, 9.17) is 0 Å². The van der Waals surface area contributed by atoms with E-state index in [1.807, 2.05) is 31.2 Å². The van der Waals surface area contributed by atoms with Crippen LogP contribution in [0.1, 0.15) is 40.4 Å². The lowest BCUT2D eigenvalue weighted by Crippen LogP contribution is -2.20. The summed E-state index contributed by atoms with van der Waals surface area (Å²) in [6, 6.07) is 15.7. The summed E-state index contributed by atoms with van der Waals surface area (Å²) in [6.07, 6.45) is 3.55. The van der Waals surface area contributed by atoms with Gasteiger partial charge in [0.2, 0.25) is 5.78 Å². The lowest BCUT2D eigenvalue weighted by atomic mass is 10.1. The Bertz CT molecular complexity index is 1350. The largest absolute Gasteiger partial charge is 0.382 e. The number of nitrogens with zero attached hydrogens (tertiary/aromatic N) is 3. The standard InChI is InChI=1S/C24H23N3O3S/c1-16-4-10-21(11-5-16)31(29,30)27-22-12-18(17-6-7-17)8-9-19(22)13-23(27)24(28)20(14-25)15-26(2)3/h4-5,8-13,15,17H,6-7H2,1-3H3. The number of hydrogen-bond acceptors (Lipinski definition) is 5. The summed E-state index contributed by atoms with van der Waals surface area (Å²) in [5.41, 5.74) is 2.28. The molecule has 3 aromatic rings. The molecule has 0 saturated heterocycles. The normalized spacial score (nSPS) is 14.5. The Morgan fingerprint density at radius 2 is 1.81 bits per heavy atom. The van der Waals surface area contributed by atoms with E-state index in [1.54, 1.807) is 37.2 Å². The molecule has 1 aliphatic rings. The Balaban J connectivity index is 1.99. The molecule has 1 fully saturated rings. The molecule has 0 radical (unpaired) electrons. The Labute approximate surface area is 182 Å². The monoisotopic (exact) mass is 433 g/mol. The maximum absolute atomic E-state index is 13.7. The summed E-state index contributed by atoms with van der Waals surface area (Å²) >= 11 is 0. The minimum absolute atomic E-state index is 0.0434. The molecule has 0 unspecified atom stereocenters. The number of ketones is 1. The molecule has 4 rings (SSSR count). The van der Waals surface area contributed by atoms with Gasteiger partial charge in [0.25, 0.3) is 10.0 Å². The minimum Gasteiger partial charge on any atom is -0.382 e. The zero-order chi connectivity index (χ0) is 22.3. The van der Waals surface area contributed by atoms with Crippen LogP contribution < -0.4 is 0 Å². The minimum atomic E-state index is -4.06. The first-order chi connectivity index (χ1) is 14.7. The molecule has 0 amide bonds. The van der Waals surface area contributed by atoms with Gasteiger partial charge in [-0.05, 0) is 55.5 Å². The second kappa shape index (κ2) is 7.71. The van der Waals surface area contributed by atoms with Crippen LogP contribution in [0.2, 0.25) is 0 Å². The fourth-order valence-electron chi connectivity index (χ4n) is 3.63. The Kier molecular flexibility index (Phi) is 5.19. The number of Topliss-reactive ketones (excluding diaryl/α,β-unsaturated/α-hetero) is 1. The van der Waals surface area contributed by atoms with E-state index in [1.165, 1.54) is 18.3 Å². The average molecular weight is 434 g/mol. The first-order valence-electron chi connectivity index (χ1n) is 10.0. The van der Waals surface area contributed by atoms with Gasteiger partial charge >= 0.3 is 0 Å². The van der Waals surface area contributed by atoms with Gasteiger partial charge in [-0.3, -0.25) is 4.79 Å². The fourth-order valence-corrected chi connectivity index (χ4v) is 5.13. The highest BCUT2D eigenvalue weighted by Gasteiger charge is 2.30. The lowest BCUT2D eigenvalue weighted by Gasteiger charge is -2.13. The number of aromatic nitrogens is 1. The van der Waals surface area contributed by atoms with Crippen molar-refractivity contribution in [2.45, 2.75) is 30.6 Å². The molecular weight excluding hydrogens is 410 g/mol. The van der Waals surface area contributed by atoms with Crippen LogP contribution in [0.3, 0.4) is 0 Å². The van der Waals surface area contributed by atoms with Crippen LogP contribution in [0.25, 0.3) is 10.9 Å². The van der Waals surface area contributed by atoms with Crippen LogP contribution >= 0.6 is 0 Å². The van der Waals surface area contributed by atoms with Crippen LogP contribution in [0.5, 0.6) is 0 Å². The van der Waals surface area contributed by atoms with E-state index >= 15 is 0 Å². The highest BCUT2D eigenvalue weighted by Crippen LogP contribution is 2.41. The van der Waals surface area contributed by atoms with E-state index < -0.39 is 15.8 Å². The van der Waals surface area contributed by atoms with Crippen molar-refractivity contribution in [1.82, 2.24) is 8.87 Å². The predicted molar refractivity (Wildman–Crippen MR) is 119 cm³/mol. The molecule has 6 nitrogen and oxygen atoms in total. The van der Waals surface area contributed by atoms with Gasteiger partial charge < -0.3 is 4.90 Å². The number of carbonyl (C=O) groups is 1. The number of fused-ring (bicyclic) bond motifs is 1.